The molecule has 4 aromatic rings. The first kappa shape index (κ1) is 20.5. The van der Waals surface area contributed by atoms with Gasteiger partial charge in [-0.25, -0.2) is 0 Å². The summed E-state index contributed by atoms with van der Waals surface area (Å²) in [5.41, 5.74) is 1.81. The molecule has 0 aliphatic rings. The predicted molar refractivity (Wildman–Crippen MR) is 120 cm³/mol. The van der Waals surface area contributed by atoms with E-state index in [4.69, 9.17) is 16.0 Å². The molecule has 0 radical (unpaired) electrons. The van der Waals surface area contributed by atoms with Gasteiger partial charge in [0, 0.05) is 17.0 Å². The summed E-state index contributed by atoms with van der Waals surface area (Å²) in [5.74, 6) is 1.45. The zero-order valence-electron chi connectivity index (χ0n) is 16.6. The number of benzene rings is 2. The molecule has 154 valence electrons. The molecule has 30 heavy (non-hydrogen) atoms. The van der Waals surface area contributed by atoms with Crippen LogP contribution in [0.5, 0.6) is 0 Å². The first-order valence-electron chi connectivity index (χ1n) is 9.65. The molecule has 1 N–H and O–H groups in total. The zero-order valence-corrected chi connectivity index (χ0v) is 18.2. The molecule has 8 heteroatoms. The molecule has 2 aromatic heterocycles. The van der Waals surface area contributed by atoms with Crippen molar-refractivity contribution in [1.29, 1.82) is 0 Å². The van der Waals surface area contributed by atoms with Gasteiger partial charge in [-0.2, -0.15) is 0 Å². The molecule has 0 bridgehead atoms. The quantitative estimate of drug-likeness (QED) is 0.393. The molecule has 0 aliphatic carbocycles. The summed E-state index contributed by atoms with van der Waals surface area (Å²) in [6, 6.07) is 17.2. The number of thioether (sulfide) groups is 1. The fraction of sp³-hybridized carbons (Fsp3) is 0.227. The van der Waals surface area contributed by atoms with Crippen LogP contribution in [0.15, 0.2) is 64.2 Å². The fourth-order valence-corrected chi connectivity index (χ4v) is 4.22. The Morgan fingerprint density at radius 2 is 2.00 bits per heavy atom. The molecule has 0 saturated heterocycles. The van der Waals surface area contributed by atoms with E-state index >= 15 is 0 Å². The van der Waals surface area contributed by atoms with E-state index in [0.717, 1.165) is 16.5 Å². The summed E-state index contributed by atoms with van der Waals surface area (Å²) in [4.78, 5) is 12.4. The third-order valence-electron chi connectivity index (χ3n) is 4.74. The minimum Gasteiger partial charge on any atom is -0.453 e. The Balaban J connectivity index is 1.46. The van der Waals surface area contributed by atoms with Crippen LogP contribution in [0.1, 0.15) is 25.5 Å². The van der Waals surface area contributed by atoms with Crippen molar-refractivity contribution in [2.45, 2.75) is 31.6 Å². The number of carbonyl (C=O) groups is 1. The van der Waals surface area contributed by atoms with Gasteiger partial charge < -0.3 is 9.73 Å². The van der Waals surface area contributed by atoms with Crippen molar-refractivity contribution in [2.24, 2.45) is 0 Å². The standard InChI is InChI=1S/C22H21ClN4O2S/c1-3-27-21(19-12-16-11-17(23)9-10-18(16)29-19)25-26-22(27)30-13-20(28)24-14(2)15-7-5-4-6-8-15/h4-12,14H,3,13H2,1-2H3,(H,24,28)/t14-/m0/s1. The summed E-state index contributed by atoms with van der Waals surface area (Å²) in [6.07, 6.45) is 0. The highest BCUT2D eigenvalue weighted by Gasteiger charge is 2.18. The summed E-state index contributed by atoms with van der Waals surface area (Å²) < 4.78 is 7.86. The molecule has 2 heterocycles. The highest BCUT2D eigenvalue weighted by atomic mass is 35.5. The van der Waals surface area contributed by atoms with E-state index in [2.05, 4.69) is 15.5 Å². The van der Waals surface area contributed by atoms with Crippen molar-refractivity contribution in [3.63, 3.8) is 0 Å². The monoisotopic (exact) mass is 440 g/mol. The lowest BCUT2D eigenvalue weighted by molar-refractivity contribution is -0.119. The van der Waals surface area contributed by atoms with Crippen molar-refractivity contribution < 1.29 is 9.21 Å². The Bertz CT molecular complexity index is 1170. The number of rotatable bonds is 7. The number of hydrogen-bond acceptors (Lipinski definition) is 5. The number of halogens is 1. The Morgan fingerprint density at radius 1 is 1.20 bits per heavy atom. The van der Waals surface area contributed by atoms with Crippen LogP contribution in [0.3, 0.4) is 0 Å². The summed E-state index contributed by atoms with van der Waals surface area (Å²) in [7, 11) is 0. The third-order valence-corrected chi connectivity index (χ3v) is 5.94. The van der Waals surface area contributed by atoms with Gasteiger partial charge in [-0.15, -0.1) is 10.2 Å². The van der Waals surface area contributed by atoms with Crippen molar-refractivity contribution >= 4 is 40.2 Å². The van der Waals surface area contributed by atoms with Crippen LogP contribution in [0, 0.1) is 0 Å². The predicted octanol–water partition coefficient (Wildman–Crippen LogP) is 5.33. The van der Waals surface area contributed by atoms with E-state index in [-0.39, 0.29) is 17.7 Å². The van der Waals surface area contributed by atoms with Crippen LogP contribution in [-0.4, -0.2) is 26.4 Å². The van der Waals surface area contributed by atoms with Crippen molar-refractivity contribution in [1.82, 2.24) is 20.1 Å². The molecule has 0 spiro atoms. The number of aromatic nitrogens is 3. The maximum absolute atomic E-state index is 12.4. The molecule has 0 fully saturated rings. The average Bonchev–Trinajstić information content (AvgIpc) is 3.35. The first-order chi connectivity index (χ1) is 14.5. The van der Waals surface area contributed by atoms with Crippen LogP contribution in [0.25, 0.3) is 22.6 Å². The molecule has 0 saturated carbocycles. The highest BCUT2D eigenvalue weighted by Crippen LogP contribution is 2.30. The number of nitrogens with one attached hydrogen (secondary N) is 1. The first-order valence-corrected chi connectivity index (χ1v) is 11.0. The molecule has 0 unspecified atom stereocenters. The lowest BCUT2D eigenvalue weighted by atomic mass is 10.1. The zero-order chi connectivity index (χ0) is 21.1. The number of amides is 1. The number of fused-ring (bicyclic) bond motifs is 1. The largest absolute Gasteiger partial charge is 0.453 e. The molecule has 0 aliphatic heterocycles. The van der Waals surface area contributed by atoms with Gasteiger partial charge in [-0.05, 0) is 43.7 Å². The fourth-order valence-electron chi connectivity index (χ4n) is 3.23. The molecular weight excluding hydrogens is 420 g/mol. The molecule has 4 rings (SSSR count). The maximum atomic E-state index is 12.4. The Kier molecular flexibility index (Phi) is 6.11. The van der Waals surface area contributed by atoms with E-state index in [0.29, 0.717) is 28.3 Å². The van der Waals surface area contributed by atoms with Gasteiger partial charge in [0.15, 0.2) is 10.9 Å². The van der Waals surface area contributed by atoms with Gasteiger partial charge in [-0.3, -0.25) is 9.36 Å². The normalized spacial score (nSPS) is 12.2. The molecule has 6 nitrogen and oxygen atoms in total. The summed E-state index contributed by atoms with van der Waals surface area (Å²) >= 11 is 7.42. The SMILES string of the molecule is CCn1c(SCC(=O)N[C@@H](C)c2ccccc2)nnc1-c1cc2cc(Cl)ccc2o1. The van der Waals surface area contributed by atoms with Crippen LogP contribution in [0.4, 0.5) is 0 Å². The summed E-state index contributed by atoms with van der Waals surface area (Å²) in [6.45, 7) is 4.64. The topological polar surface area (TPSA) is 73.0 Å². The number of furan rings is 1. The van der Waals surface area contributed by atoms with E-state index < -0.39 is 0 Å². The van der Waals surface area contributed by atoms with Gasteiger partial charge >= 0.3 is 0 Å². The molecule has 2 aromatic carbocycles. The smallest absolute Gasteiger partial charge is 0.230 e. The van der Waals surface area contributed by atoms with Gasteiger partial charge in [0.25, 0.3) is 0 Å². The average molecular weight is 441 g/mol. The summed E-state index contributed by atoms with van der Waals surface area (Å²) in [5, 5.41) is 13.8. The van der Waals surface area contributed by atoms with E-state index in [1.54, 1.807) is 6.07 Å². The van der Waals surface area contributed by atoms with Crippen LogP contribution < -0.4 is 5.32 Å². The highest BCUT2D eigenvalue weighted by molar-refractivity contribution is 7.99. The second-order valence-electron chi connectivity index (χ2n) is 6.83. The number of hydrogen-bond donors (Lipinski definition) is 1. The van der Waals surface area contributed by atoms with Crippen molar-refractivity contribution in [3.8, 4) is 11.6 Å². The molecule has 1 atom stereocenters. The lowest BCUT2D eigenvalue weighted by Crippen LogP contribution is -2.28. The second kappa shape index (κ2) is 8.93. The minimum atomic E-state index is -0.0544. The van der Waals surface area contributed by atoms with E-state index in [1.165, 1.54) is 11.8 Å². The van der Waals surface area contributed by atoms with Crippen molar-refractivity contribution in [3.05, 3.63) is 65.2 Å². The van der Waals surface area contributed by atoms with Crippen LogP contribution >= 0.6 is 23.4 Å². The number of carbonyl (C=O) groups excluding carboxylic acids is 1. The number of nitrogens with zero attached hydrogens (tertiary/aromatic N) is 3. The van der Waals surface area contributed by atoms with Crippen molar-refractivity contribution in [2.75, 3.05) is 5.75 Å². The molecule has 1 amide bonds. The Hall–Kier alpha value is -2.77. The third kappa shape index (κ3) is 4.37. The second-order valence-corrected chi connectivity index (χ2v) is 8.21. The minimum absolute atomic E-state index is 0.0538. The van der Waals surface area contributed by atoms with Crippen LogP contribution in [-0.2, 0) is 11.3 Å². The maximum Gasteiger partial charge on any atom is 0.230 e. The molecular formula is C22H21ClN4O2S. The Labute approximate surface area is 183 Å². The van der Waals surface area contributed by atoms with Gasteiger partial charge in [-0.1, -0.05) is 53.7 Å². The van der Waals surface area contributed by atoms with E-state index in [1.807, 2.05) is 66.9 Å². The van der Waals surface area contributed by atoms with Gasteiger partial charge in [0.2, 0.25) is 11.7 Å². The van der Waals surface area contributed by atoms with Gasteiger partial charge in [0.1, 0.15) is 5.58 Å². The van der Waals surface area contributed by atoms with Crippen LogP contribution in [0.2, 0.25) is 5.02 Å². The van der Waals surface area contributed by atoms with E-state index in [9.17, 15) is 4.79 Å². The lowest BCUT2D eigenvalue weighted by Gasteiger charge is -2.14. The van der Waals surface area contributed by atoms with Gasteiger partial charge in [0.05, 0.1) is 11.8 Å². The Morgan fingerprint density at radius 3 is 2.77 bits per heavy atom.